The van der Waals surface area contributed by atoms with Crippen LogP contribution in [0.15, 0.2) is 47.1 Å². The number of para-hydroxylation sites is 1. The van der Waals surface area contributed by atoms with Crippen molar-refractivity contribution in [3.8, 4) is 23.0 Å². The fourth-order valence-electron chi connectivity index (χ4n) is 3.43. The zero-order chi connectivity index (χ0) is 21.8. The number of carbonyl (C=O) groups is 1. The van der Waals surface area contributed by atoms with Crippen molar-refractivity contribution in [3.63, 3.8) is 0 Å². The van der Waals surface area contributed by atoms with Crippen molar-refractivity contribution in [1.29, 1.82) is 0 Å². The summed E-state index contributed by atoms with van der Waals surface area (Å²) >= 11 is 0. The largest absolute Gasteiger partial charge is 0.493 e. The van der Waals surface area contributed by atoms with Gasteiger partial charge in [-0.15, -0.1) is 0 Å². The van der Waals surface area contributed by atoms with Gasteiger partial charge in [-0.25, -0.2) is 4.79 Å². The monoisotopic (exact) mass is 425 g/mol. The molecule has 31 heavy (non-hydrogen) atoms. The molecule has 8 nitrogen and oxygen atoms in total. The predicted octanol–water partition coefficient (Wildman–Crippen LogP) is 3.22. The molecule has 2 aromatic rings. The molecule has 0 N–H and O–H groups in total. The van der Waals surface area contributed by atoms with E-state index in [9.17, 15) is 4.79 Å². The highest BCUT2D eigenvalue weighted by atomic mass is 16.7. The summed E-state index contributed by atoms with van der Waals surface area (Å²) in [5.74, 6) is 1.88. The molecule has 0 amide bonds. The van der Waals surface area contributed by atoms with Gasteiger partial charge in [-0.05, 0) is 24.3 Å². The average molecular weight is 425 g/mol. The maximum atomic E-state index is 12.4. The van der Waals surface area contributed by atoms with Gasteiger partial charge >= 0.3 is 5.97 Å². The summed E-state index contributed by atoms with van der Waals surface area (Å²) in [4.78, 5) is 17.9. The average Bonchev–Trinajstić information content (AvgIpc) is 3.30. The van der Waals surface area contributed by atoms with Gasteiger partial charge in [0.25, 0.3) is 0 Å². The molecule has 0 spiro atoms. The van der Waals surface area contributed by atoms with Crippen LogP contribution in [0.25, 0.3) is 6.08 Å². The van der Waals surface area contributed by atoms with Gasteiger partial charge < -0.3 is 28.5 Å². The Morgan fingerprint density at radius 1 is 1.10 bits per heavy atom. The first kappa shape index (κ1) is 20.6. The van der Waals surface area contributed by atoms with E-state index in [0.717, 1.165) is 16.9 Å². The summed E-state index contributed by atoms with van der Waals surface area (Å²) in [7, 11) is 4.66. The van der Waals surface area contributed by atoms with Gasteiger partial charge in [0.05, 0.1) is 32.6 Å². The number of methoxy groups -OCH3 is 3. The van der Waals surface area contributed by atoms with Crippen molar-refractivity contribution >= 4 is 17.8 Å². The van der Waals surface area contributed by atoms with Crippen LogP contribution in [0.3, 0.4) is 0 Å². The second kappa shape index (κ2) is 8.99. The number of esters is 1. The zero-order valence-electron chi connectivity index (χ0n) is 17.5. The molecule has 162 valence electrons. The molecule has 0 fully saturated rings. The molecule has 0 bridgehead atoms. The number of hydrogen-bond donors (Lipinski definition) is 0. The summed E-state index contributed by atoms with van der Waals surface area (Å²) in [5, 5.41) is 4.15. The summed E-state index contributed by atoms with van der Waals surface area (Å²) in [6.45, 7) is 0.254. The molecular weight excluding hydrogens is 402 g/mol. The minimum atomic E-state index is -0.431. The molecule has 2 aromatic carbocycles. The van der Waals surface area contributed by atoms with E-state index in [0.29, 0.717) is 35.0 Å². The minimum absolute atomic E-state index is 0.0786. The number of oxime groups is 1. The Hall–Kier alpha value is -3.68. The van der Waals surface area contributed by atoms with E-state index in [1.165, 1.54) is 0 Å². The Balaban J connectivity index is 1.38. The highest BCUT2D eigenvalue weighted by molar-refractivity contribution is 6.02. The van der Waals surface area contributed by atoms with E-state index in [1.807, 2.05) is 24.3 Å². The van der Waals surface area contributed by atoms with Gasteiger partial charge in [-0.3, -0.25) is 0 Å². The molecule has 2 aliphatic heterocycles. The van der Waals surface area contributed by atoms with Crippen LogP contribution < -0.4 is 18.9 Å². The topological polar surface area (TPSA) is 84.8 Å². The van der Waals surface area contributed by atoms with E-state index >= 15 is 0 Å². The Morgan fingerprint density at radius 3 is 2.55 bits per heavy atom. The number of hydrogen-bond acceptors (Lipinski definition) is 8. The molecule has 0 saturated heterocycles. The molecule has 0 aliphatic carbocycles. The number of fused-ring (bicyclic) bond motifs is 1. The fourth-order valence-corrected chi connectivity index (χ4v) is 3.43. The smallest absolute Gasteiger partial charge is 0.337 e. The normalized spacial score (nSPS) is 16.8. The molecule has 8 heteroatoms. The Bertz CT molecular complexity index is 1020. The summed E-state index contributed by atoms with van der Waals surface area (Å²) in [5.41, 5.74) is 2.80. The van der Waals surface area contributed by atoms with Crippen LogP contribution in [0.4, 0.5) is 0 Å². The van der Waals surface area contributed by atoms with Crippen LogP contribution in [-0.2, 0) is 14.4 Å². The van der Waals surface area contributed by atoms with E-state index in [-0.39, 0.29) is 19.3 Å². The van der Waals surface area contributed by atoms with E-state index in [2.05, 4.69) is 5.16 Å². The number of nitrogens with zero attached hydrogens (tertiary/aromatic N) is 1. The van der Waals surface area contributed by atoms with Crippen LogP contribution in [0.5, 0.6) is 23.0 Å². The molecule has 2 aliphatic rings. The Morgan fingerprint density at radius 2 is 1.84 bits per heavy atom. The number of rotatable bonds is 7. The van der Waals surface area contributed by atoms with E-state index < -0.39 is 5.97 Å². The van der Waals surface area contributed by atoms with Crippen LogP contribution in [-0.4, -0.2) is 52.3 Å². The third-order valence-corrected chi connectivity index (χ3v) is 5.03. The quantitative estimate of drug-likeness (QED) is 0.630. The lowest BCUT2D eigenvalue weighted by molar-refractivity contribution is -0.143. The van der Waals surface area contributed by atoms with Gasteiger partial charge in [0.15, 0.2) is 17.6 Å². The lowest BCUT2D eigenvalue weighted by atomic mass is 10.0. The number of benzene rings is 2. The number of carbonyl (C=O) groups excluding carboxylic acids is 1. The molecule has 1 atom stereocenters. The molecule has 1 unspecified atom stereocenters. The van der Waals surface area contributed by atoms with Crippen molar-refractivity contribution in [3.05, 3.63) is 53.1 Å². The first-order valence-corrected chi connectivity index (χ1v) is 9.75. The molecule has 4 rings (SSSR count). The highest BCUT2D eigenvalue weighted by Gasteiger charge is 2.27. The van der Waals surface area contributed by atoms with Crippen molar-refractivity contribution in [2.45, 2.75) is 12.5 Å². The summed E-state index contributed by atoms with van der Waals surface area (Å²) in [6, 6.07) is 11.1. The zero-order valence-corrected chi connectivity index (χ0v) is 17.5. The number of ether oxygens (including phenoxy) is 5. The van der Waals surface area contributed by atoms with Crippen molar-refractivity contribution in [2.24, 2.45) is 5.16 Å². The van der Waals surface area contributed by atoms with E-state index in [1.54, 1.807) is 39.5 Å². The molecule has 0 aromatic heterocycles. The lowest BCUT2D eigenvalue weighted by Gasteiger charge is -2.17. The Labute approximate surface area is 179 Å². The van der Waals surface area contributed by atoms with Crippen LogP contribution in [0.1, 0.15) is 17.5 Å². The van der Waals surface area contributed by atoms with Gasteiger partial charge in [0.2, 0.25) is 5.75 Å². The third kappa shape index (κ3) is 4.28. The van der Waals surface area contributed by atoms with Crippen molar-refractivity contribution in [1.82, 2.24) is 0 Å². The van der Waals surface area contributed by atoms with Crippen LogP contribution in [0, 0.1) is 0 Å². The van der Waals surface area contributed by atoms with Crippen molar-refractivity contribution < 1.29 is 33.3 Å². The fraction of sp³-hybridized carbons (Fsp3) is 0.304. The molecule has 2 heterocycles. The third-order valence-electron chi connectivity index (χ3n) is 5.03. The minimum Gasteiger partial charge on any atom is -0.493 e. The van der Waals surface area contributed by atoms with Gasteiger partial charge in [0.1, 0.15) is 19.0 Å². The first-order valence-electron chi connectivity index (χ1n) is 9.75. The lowest BCUT2D eigenvalue weighted by Crippen LogP contribution is -2.23. The SMILES string of the molecule is COc1cc(C2=NOC(COC(=O)C3=Cc4ccccc4OC3)C2)cc(OC)c1OC. The summed E-state index contributed by atoms with van der Waals surface area (Å²) in [6.07, 6.45) is 1.88. The van der Waals surface area contributed by atoms with Gasteiger partial charge in [-0.1, -0.05) is 23.4 Å². The van der Waals surface area contributed by atoms with Crippen LogP contribution >= 0.6 is 0 Å². The second-order valence-electron chi connectivity index (χ2n) is 6.98. The molecular formula is C23H23NO7. The second-order valence-corrected chi connectivity index (χ2v) is 6.98. The molecule has 0 radical (unpaired) electrons. The summed E-state index contributed by atoms with van der Waals surface area (Å²) < 4.78 is 27.2. The van der Waals surface area contributed by atoms with E-state index in [4.69, 9.17) is 28.5 Å². The van der Waals surface area contributed by atoms with Crippen LogP contribution in [0.2, 0.25) is 0 Å². The Kier molecular flexibility index (Phi) is 5.97. The maximum absolute atomic E-state index is 12.4. The molecule has 0 saturated carbocycles. The van der Waals surface area contributed by atoms with Gasteiger partial charge in [0, 0.05) is 17.5 Å². The first-order chi connectivity index (χ1) is 15.1. The van der Waals surface area contributed by atoms with Gasteiger partial charge in [-0.2, -0.15) is 0 Å². The maximum Gasteiger partial charge on any atom is 0.337 e. The standard InChI is InChI=1S/C23H23NO7/c1-26-20-9-15(10-21(27-2)22(20)28-3)18-11-17(31-24-18)13-30-23(25)16-8-14-6-4-5-7-19(14)29-12-16/h4-10,17H,11-13H2,1-3H3. The predicted molar refractivity (Wildman–Crippen MR) is 113 cm³/mol. The highest BCUT2D eigenvalue weighted by Crippen LogP contribution is 2.39. The van der Waals surface area contributed by atoms with Crippen molar-refractivity contribution in [2.75, 3.05) is 34.5 Å².